The molecule has 3 aromatic heterocycles. The fourth-order valence-corrected chi connectivity index (χ4v) is 4.43. The van der Waals surface area contributed by atoms with Crippen molar-refractivity contribution in [1.29, 1.82) is 0 Å². The lowest BCUT2D eigenvalue weighted by molar-refractivity contribution is 0.0964. The van der Waals surface area contributed by atoms with Crippen LogP contribution in [0.1, 0.15) is 24.2 Å². The number of amides is 1. The van der Waals surface area contributed by atoms with Crippen molar-refractivity contribution in [3.63, 3.8) is 0 Å². The number of pyridine rings is 2. The largest absolute Gasteiger partial charge is 0.355 e. The molecule has 0 radical (unpaired) electrons. The summed E-state index contributed by atoms with van der Waals surface area (Å²) in [5.74, 6) is -0.337. The molecule has 2 atom stereocenters. The van der Waals surface area contributed by atoms with Gasteiger partial charge in [0.25, 0.3) is 5.91 Å². The first-order valence-electron chi connectivity index (χ1n) is 10.1. The Morgan fingerprint density at radius 3 is 2.60 bits per heavy atom. The number of piperazine rings is 1. The van der Waals surface area contributed by atoms with Crippen molar-refractivity contribution in [2.75, 3.05) is 25.0 Å². The molecule has 1 fully saturated rings. The molecule has 4 aromatic rings. The number of halogens is 1. The third-order valence-corrected chi connectivity index (χ3v) is 5.61. The first-order chi connectivity index (χ1) is 14.5. The summed E-state index contributed by atoms with van der Waals surface area (Å²) < 4.78 is 17.0. The number of fused-ring (bicyclic) bond motifs is 5. The van der Waals surface area contributed by atoms with Crippen molar-refractivity contribution in [2.24, 2.45) is 0 Å². The maximum atomic E-state index is 15.2. The lowest BCUT2D eigenvalue weighted by atomic mass is 10.1. The SMILES string of the molecule is CNC(=O)c1cc2cc(F)c(N3CC(C)NC(C)C3)nc2n2c1nc1ccccc12. The highest BCUT2D eigenvalue weighted by Gasteiger charge is 2.26. The number of hydrogen-bond donors (Lipinski definition) is 2. The number of anilines is 1. The van der Waals surface area contributed by atoms with Gasteiger partial charge in [-0.1, -0.05) is 12.1 Å². The predicted octanol–water partition coefficient (Wildman–Crippen LogP) is 2.72. The van der Waals surface area contributed by atoms with Crippen molar-refractivity contribution in [1.82, 2.24) is 25.0 Å². The maximum Gasteiger partial charge on any atom is 0.254 e. The topological polar surface area (TPSA) is 74.6 Å². The molecule has 1 aromatic carbocycles. The highest BCUT2D eigenvalue weighted by atomic mass is 19.1. The zero-order valence-electron chi connectivity index (χ0n) is 17.1. The summed E-state index contributed by atoms with van der Waals surface area (Å²) in [7, 11) is 1.57. The number of rotatable bonds is 2. The van der Waals surface area contributed by atoms with Crippen LogP contribution in [0.4, 0.5) is 10.2 Å². The molecule has 4 heterocycles. The zero-order chi connectivity index (χ0) is 21.0. The highest BCUT2D eigenvalue weighted by Crippen LogP contribution is 2.29. The van der Waals surface area contributed by atoms with E-state index in [0.717, 1.165) is 11.0 Å². The number of hydrogen-bond acceptors (Lipinski definition) is 5. The molecule has 0 bridgehead atoms. The van der Waals surface area contributed by atoms with E-state index in [4.69, 9.17) is 4.98 Å². The number of carbonyl (C=O) groups excluding carboxylic acids is 1. The molecular weight excluding hydrogens is 383 g/mol. The molecule has 7 nitrogen and oxygen atoms in total. The number of para-hydroxylation sites is 2. The number of nitrogens with one attached hydrogen (secondary N) is 2. The third kappa shape index (κ3) is 2.87. The van der Waals surface area contributed by atoms with Crippen molar-refractivity contribution in [3.05, 3.63) is 47.8 Å². The summed E-state index contributed by atoms with van der Waals surface area (Å²) in [6.07, 6.45) is 0. The lowest BCUT2D eigenvalue weighted by Crippen LogP contribution is -2.54. The monoisotopic (exact) mass is 406 g/mol. The van der Waals surface area contributed by atoms with Crippen LogP contribution >= 0.6 is 0 Å². The normalized spacial score (nSPS) is 19.7. The molecule has 0 aliphatic carbocycles. The van der Waals surface area contributed by atoms with E-state index in [2.05, 4.69) is 29.5 Å². The number of nitrogens with zero attached hydrogens (tertiary/aromatic N) is 4. The smallest absolute Gasteiger partial charge is 0.254 e. The summed E-state index contributed by atoms with van der Waals surface area (Å²) in [6.45, 7) is 5.51. The number of carbonyl (C=O) groups is 1. The molecule has 5 rings (SSSR count). The van der Waals surface area contributed by atoms with E-state index in [1.807, 2.05) is 33.6 Å². The number of aromatic nitrogens is 3. The van der Waals surface area contributed by atoms with Gasteiger partial charge in [0.2, 0.25) is 0 Å². The second-order valence-electron chi connectivity index (χ2n) is 7.98. The van der Waals surface area contributed by atoms with Gasteiger partial charge in [0, 0.05) is 37.6 Å². The second kappa shape index (κ2) is 6.91. The molecule has 1 saturated heterocycles. The quantitative estimate of drug-likeness (QED) is 0.536. The minimum absolute atomic E-state index is 0.232. The van der Waals surface area contributed by atoms with Crippen LogP contribution in [0, 0.1) is 5.82 Å². The second-order valence-corrected chi connectivity index (χ2v) is 7.98. The Labute approximate surface area is 172 Å². The summed E-state index contributed by atoms with van der Waals surface area (Å²) >= 11 is 0. The molecule has 0 saturated carbocycles. The van der Waals surface area contributed by atoms with E-state index >= 15 is 4.39 Å². The fourth-order valence-electron chi connectivity index (χ4n) is 4.43. The van der Waals surface area contributed by atoms with Gasteiger partial charge in [-0.15, -0.1) is 0 Å². The Morgan fingerprint density at radius 1 is 1.13 bits per heavy atom. The first-order valence-corrected chi connectivity index (χ1v) is 10.1. The molecule has 1 aliphatic heterocycles. The first kappa shape index (κ1) is 18.7. The van der Waals surface area contributed by atoms with E-state index < -0.39 is 5.82 Å². The van der Waals surface area contributed by atoms with E-state index in [-0.39, 0.29) is 18.0 Å². The Bertz CT molecular complexity index is 1290. The van der Waals surface area contributed by atoms with Crippen LogP contribution in [0.25, 0.3) is 27.7 Å². The third-order valence-electron chi connectivity index (χ3n) is 5.61. The van der Waals surface area contributed by atoms with Gasteiger partial charge in [-0.25, -0.2) is 14.4 Å². The lowest BCUT2D eigenvalue weighted by Gasteiger charge is -2.37. The zero-order valence-corrected chi connectivity index (χ0v) is 17.1. The Kier molecular flexibility index (Phi) is 4.32. The van der Waals surface area contributed by atoms with Crippen LogP contribution in [-0.4, -0.2) is 52.5 Å². The van der Waals surface area contributed by atoms with E-state index in [1.54, 1.807) is 13.1 Å². The molecule has 2 N–H and O–H groups in total. The summed E-state index contributed by atoms with van der Waals surface area (Å²) in [5, 5.41) is 6.67. The summed E-state index contributed by atoms with van der Waals surface area (Å²) in [6, 6.07) is 11.2. The fraction of sp³-hybridized carbons (Fsp3) is 0.318. The van der Waals surface area contributed by atoms with Gasteiger partial charge in [-0.2, -0.15) is 0 Å². The molecule has 0 spiro atoms. The molecule has 154 valence electrons. The highest BCUT2D eigenvalue weighted by molar-refractivity contribution is 6.05. The molecular formula is C22H23FN6O. The van der Waals surface area contributed by atoms with Crippen molar-refractivity contribution < 1.29 is 9.18 Å². The number of benzene rings is 1. The standard InChI is InChI=1S/C22H23FN6O/c1-12-10-28(11-13(2)25-12)21-16(23)9-14-8-15(22(30)24-3)20-26-17-6-4-5-7-18(17)29(20)19(14)27-21/h4-9,12-13,25H,10-11H2,1-3H3,(H,24,30). The van der Waals surface area contributed by atoms with Crippen LogP contribution in [0.2, 0.25) is 0 Å². The van der Waals surface area contributed by atoms with E-state index in [0.29, 0.717) is 41.2 Å². The van der Waals surface area contributed by atoms with E-state index in [1.165, 1.54) is 6.07 Å². The Balaban J connectivity index is 1.83. The van der Waals surface area contributed by atoms with Crippen molar-refractivity contribution in [3.8, 4) is 0 Å². The molecule has 1 amide bonds. The van der Waals surface area contributed by atoms with Gasteiger partial charge in [0.05, 0.1) is 16.6 Å². The van der Waals surface area contributed by atoms with E-state index in [9.17, 15) is 4.79 Å². The molecule has 1 aliphatic rings. The average Bonchev–Trinajstić information content (AvgIpc) is 3.11. The van der Waals surface area contributed by atoms with Gasteiger partial charge in [0.1, 0.15) is 5.65 Å². The van der Waals surface area contributed by atoms with Crippen LogP contribution < -0.4 is 15.5 Å². The van der Waals surface area contributed by atoms with Gasteiger partial charge in [0.15, 0.2) is 17.3 Å². The van der Waals surface area contributed by atoms with Gasteiger partial charge < -0.3 is 15.5 Å². The Morgan fingerprint density at radius 2 is 1.87 bits per heavy atom. The van der Waals surface area contributed by atoms with Crippen LogP contribution in [-0.2, 0) is 0 Å². The minimum atomic E-state index is -0.393. The Hall–Kier alpha value is -3.26. The summed E-state index contributed by atoms with van der Waals surface area (Å²) in [5.41, 5.74) is 3.07. The molecule has 2 unspecified atom stereocenters. The summed E-state index contributed by atoms with van der Waals surface area (Å²) in [4.78, 5) is 23.9. The molecule has 8 heteroatoms. The van der Waals surface area contributed by atoms with Gasteiger partial charge in [-0.3, -0.25) is 9.20 Å². The van der Waals surface area contributed by atoms with Crippen LogP contribution in [0.3, 0.4) is 0 Å². The average molecular weight is 406 g/mol. The minimum Gasteiger partial charge on any atom is -0.355 e. The van der Waals surface area contributed by atoms with Crippen molar-refractivity contribution in [2.45, 2.75) is 25.9 Å². The predicted molar refractivity (Wildman–Crippen MR) is 116 cm³/mol. The number of imidazole rings is 1. The van der Waals surface area contributed by atoms with Crippen LogP contribution in [0.15, 0.2) is 36.4 Å². The van der Waals surface area contributed by atoms with Gasteiger partial charge >= 0.3 is 0 Å². The molecule has 30 heavy (non-hydrogen) atoms. The van der Waals surface area contributed by atoms with Crippen molar-refractivity contribution >= 4 is 39.4 Å². The van der Waals surface area contributed by atoms with Crippen LogP contribution in [0.5, 0.6) is 0 Å². The van der Waals surface area contributed by atoms with Gasteiger partial charge in [-0.05, 0) is 38.1 Å². The maximum absolute atomic E-state index is 15.2.